The van der Waals surface area contributed by atoms with Gasteiger partial charge in [0.15, 0.2) is 11.6 Å². The van der Waals surface area contributed by atoms with Gasteiger partial charge in [-0.3, -0.25) is 9.59 Å². The molecule has 16 heavy (non-hydrogen) atoms. The summed E-state index contributed by atoms with van der Waals surface area (Å²) in [5.74, 6) is 0.264. The molecular formula is C14H22O2. The second-order valence-electron chi connectivity index (χ2n) is 3.86. The average molecular weight is 222 g/mol. The van der Waals surface area contributed by atoms with E-state index in [1.165, 1.54) is 0 Å². The van der Waals surface area contributed by atoms with E-state index in [1.54, 1.807) is 24.3 Å². The zero-order chi connectivity index (χ0) is 12.2. The first kappa shape index (κ1) is 14.8. The molecule has 0 saturated carbocycles. The molecule has 0 aromatic carbocycles. The Balaban J connectivity index is 3.76. The van der Waals surface area contributed by atoms with Gasteiger partial charge in [0.1, 0.15) is 0 Å². The van der Waals surface area contributed by atoms with E-state index >= 15 is 0 Å². The highest BCUT2D eigenvalue weighted by atomic mass is 16.1. The largest absolute Gasteiger partial charge is 0.295 e. The van der Waals surface area contributed by atoms with Gasteiger partial charge < -0.3 is 0 Å². The molecule has 0 unspecified atom stereocenters. The third-order valence-corrected chi connectivity index (χ3v) is 2.23. The summed E-state index contributed by atoms with van der Waals surface area (Å²) in [5, 5.41) is 0. The van der Waals surface area contributed by atoms with Crippen molar-refractivity contribution in [3.05, 3.63) is 24.3 Å². The number of unbranched alkanes of at least 4 members (excludes halogenated alkanes) is 2. The smallest absolute Gasteiger partial charge is 0.155 e. The molecule has 0 N–H and O–H groups in total. The number of allylic oxidation sites excluding steroid dienone is 4. The number of hydrogen-bond acceptors (Lipinski definition) is 2. The Bertz CT molecular complexity index is 234. The maximum atomic E-state index is 11.2. The van der Waals surface area contributed by atoms with E-state index in [0.29, 0.717) is 12.8 Å². The van der Waals surface area contributed by atoms with Gasteiger partial charge in [-0.15, -0.1) is 0 Å². The van der Waals surface area contributed by atoms with Crippen LogP contribution in [0.25, 0.3) is 0 Å². The van der Waals surface area contributed by atoms with Crippen molar-refractivity contribution >= 4 is 11.6 Å². The fraction of sp³-hybridized carbons (Fsp3) is 0.571. The quantitative estimate of drug-likeness (QED) is 0.441. The lowest BCUT2D eigenvalue weighted by molar-refractivity contribution is -0.115. The molecule has 0 aromatic rings. The summed E-state index contributed by atoms with van der Waals surface area (Å²) in [6, 6.07) is 0. The van der Waals surface area contributed by atoms with Crippen molar-refractivity contribution in [2.45, 2.75) is 52.4 Å². The van der Waals surface area contributed by atoms with Gasteiger partial charge in [0.2, 0.25) is 0 Å². The molecule has 0 saturated heterocycles. The monoisotopic (exact) mass is 222 g/mol. The highest BCUT2D eigenvalue weighted by molar-refractivity contribution is 5.91. The first-order valence-electron chi connectivity index (χ1n) is 6.11. The summed E-state index contributed by atoms with van der Waals surface area (Å²) < 4.78 is 0. The van der Waals surface area contributed by atoms with Crippen LogP contribution >= 0.6 is 0 Å². The first-order valence-corrected chi connectivity index (χ1v) is 6.11. The van der Waals surface area contributed by atoms with Crippen molar-refractivity contribution < 1.29 is 9.59 Å². The second-order valence-corrected chi connectivity index (χ2v) is 3.86. The highest BCUT2D eigenvalue weighted by Crippen LogP contribution is 1.98. The lowest BCUT2D eigenvalue weighted by Crippen LogP contribution is -1.92. The summed E-state index contributed by atoms with van der Waals surface area (Å²) in [6.45, 7) is 4.12. The molecule has 0 aromatic heterocycles. The molecule has 0 aliphatic carbocycles. The Morgan fingerprint density at radius 2 is 1.19 bits per heavy atom. The zero-order valence-corrected chi connectivity index (χ0v) is 10.4. The van der Waals surface area contributed by atoms with E-state index in [9.17, 15) is 9.59 Å². The number of carbonyl (C=O) groups is 2. The van der Waals surface area contributed by atoms with Gasteiger partial charge in [-0.25, -0.2) is 0 Å². The van der Waals surface area contributed by atoms with Gasteiger partial charge in [-0.05, 0) is 25.0 Å². The fourth-order valence-electron chi connectivity index (χ4n) is 1.19. The summed E-state index contributed by atoms with van der Waals surface area (Å²) in [5.41, 5.74) is 0. The van der Waals surface area contributed by atoms with Crippen molar-refractivity contribution in [1.29, 1.82) is 0 Å². The molecule has 0 spiro atoms. The van der Waals surface area contributed by atoms with Gasteiger partial charge in [-0.1, -0.05) is 38.8 Å². The van der Waals surface area contributed by atoms with Crippen molar-refractivity contribution in [2.75, 3.05) is 0 Å². The van der Waals surface area contributed by atoms with Crippen LogP contribution < -0.4 is 0 Å². The van der Waals surface area contributed by atoms with Crippen LogP contribution in [0.3, 0.4) is 0 Å². The number of rotatable bonds is 9. The molecule has 0 bridgehead atoms. The van der Waals surface area contributed by atoms with Crippen molar-refractivity contribution in [1.82, 2.24) is 0 Å². The van der Waals surface area contributed by atoms with Crippen molar-refractivity contribution in [2.24, 2.45) is 0 Å². The van der Waals surface area contributed by atoms with E-state index in [0.717, 1.165) is 25.7 Å². The maximum Gasteiger partial charge on any atom is 0.155 e. The van der Waals surface area contributed by atoms with Crippen molar-refractivity contribution in [3.63, 3.8) is 0 Å². The van der Waals surface area contributed by atoms with E-state index in [-0.39, 0.29) is 11.6 Å². The van der Waals surface area contributed by atoms with Crippen LogP contribution in [0.15, 0.2) is 24.3 Å². The van der Waals surface area contributed by atoms with Crippen LogP contribution in [0.4, 0.5) is 0 Å². The molecule has 0 aliphatic rings. The SMILES string of the molecule is CCCCC(=O)/C=C/C=C/C(=O)CCCC. The molecule has 2 heteroatoms. The topological polar surface area (TPSA) is 34.1 Å². The third kappa shape index (κ3) is 9.38. The summed E-state index contributed by atoms with van der Waals surface area (Å²) in [4.78, 5) is 22.4. The first-order chi connectivity index (χ1) is 7.70. The van der Waals surface area contributed by atoms with Crippen LogP contribution in [0.2, 0.25) is 0 Å². The Labute approximate surface area is 98.4 Å². The van der Waals surface area contributed by atoms with Gasteiger partial charge in [0.05, 0.1) is 0 Å². The molecular weight excluding hydrogens is 200 g/mol. The molecule has 0 fully saturated rings. The van der Waals surface area contributed by atoms with E-state index in [1.807, 2.05) is 0 Å². The van der Waals surface area contributed by atoms with Gasteiger partial charge >= 0.3 is 0 Å². The predicted octanol–water partition coefficient (Wildman–Crippen LogP) is 3.62. The normalized spacial score (nSPS) is 11.4. The number of ketones is 2. The third-order valence-electron chi connectivity index (χ3n) is 2.23. The number of hydrogen-bond donors (Lipinski definition) is 0. The zero-order valence-electron chi connectivity index (χ0n) is 10.4. The standard InChI is InChI=1S/C14H22O2/c1-3-5-9-13(15)11-7-8-12-14(16)10-6-4-2/h7-8,11-12H,3-6,9-10H2,1-2H3/b11-7+,12-8+. The Morgan fingerprint density at radius 3 is 1.50 bits per heavy atom. The van der Waals surface area contributed by atoms with Crippen LogP contribution in [-0.2, 0) is 9.59 Å². The highest BCUT2D eigenvalue weighted by Gasteiger charge is 1.94. The lowest BCUT2D eigenvalue weighted by atomic mass is 10.1. The van der Waals surface area contributed by atoms with E-state index < -0.39 is 0 Å². The van der Waals surface area contributed by atoms with Gasteiger partial charge in [-0.2, -0.15) is 0 Å². The summed E-state index contributed by atoms with van der Waals surface area (Å²) >= 11 is 0. The number of carbonyl (C=O) groups excluding carboxylic acids is 2. The Kier molecular flexibility index (Phi) is 9.58. The summed E-state index contributed by atoms with van der Waals surface area (Å²) in [7, 11) is 0. The molecule has 0 amide bonds. The molecule has 90 valence electrons. The maximum absolute atomic E-state index is 11.2. The van der Waals surface area contributed by atoms with Crippen LogP contribution in [0.1, 0.15) is 52.4 Å². The lowest BCUT2D eigenvalue weighted by Gasteiger charge is -1.91. The molecule has 0 radical (unpaired) electrons. The molecule has 0 rings (SSSR count). The molecule has 2 nitrogen and oxygen atoms in total. The van der Waals surface area contributed by atoms with Crippen LogP contribution in [0, 0.1) is 0 Å². The van der Waals surface area contributed by atoms with Gasteiger partial charge in [0.25, 0.3) is 0 Å². The predicted molar refractivity (Wildman–Crippen MR) is 67.3 cm³/mol. The minimum absolute atomic E-state index is 0.132. The summed E-state index contributed by atoms with van der Waals surface area (Å²) in [6.07, 6.45) is 11.5. The van der Waals surface area contributed by atoms with E-state index in [2.05, 4.69) is 13.8 Å². The molecule has 0 aliphatic heterocycles. The van der Waals surface area contributed by atoms with Gasteiger partial charge in [0, 0.05) is 12.8 Å². The minimum atomic E-state index is 0.132. The van der Waals surface area contributed by atoms with Crippen LogP contribution in [-0.4, -0.2) is 11.6 Å². The Morgan fingerprint density at radius 1 is 0.812 bits per heavy atom. The Hall–Kier alpha value is -1.18. The molecule has 0 heterocycles. The van der Waals surface area contributed by atoms with Crippen molar-refractivity contribution in [3.8, 4) is 0 Å². The van der Waals surface area contributed by atoms with Crippen LogP contribution in [0.5, 0.6) is 0 Å². The molecule has 0 atom stereocenters. The average Bonchev–Trinajstić information content (AvgIpc) is 2.29. The minimum Gasteiger partial charge on any atom is -0.295 e. The fourth-order valence-corrected chi connectivity index (χ4v) is 1.19. The second kappa shape index (κ2) is 10.3. The van der Waals surface area contributed by atoms with E-state index in [4.69, 9.17) is 0 Å².